The van der Waals surface area contributed by atoms with Crippen molar-refractivity contribution in [1.29, 1.82) is 0 Å². The van der Waals surface area contributed by atoms with Crippen LogP contribution in [-0.2, 0) is 0 Å². The fourth-order valence-electron chi connectivity index (χ4n) is 7.76. The molecular formula is C51H31N5. The summed E-state index contributed by atoms with van der Waals surface area (Å²) >= 11 is 0. The van der Waals surface area contributed by atoms with Gasteiger partial charge in [0, 0.05) is 61.6 Å². The highest BCUT2D eigenvalue weighted by molar-refractivity contribution is 6.04. The van der Waals surface area contributed by atoms with E-state index in [0.29, 0.717) is 0 Å². The molecule has 0 amide bonds. The molecule has 260 valence electrons. The third kappa shape index (κ3) is 5.62. The smallest absolute Gasteiger partial charge is 0.0972 e. The van der Waals surface area contributed by atoms with Crippen LogP contribution in [0.4, 0.5) is 0 Å². The number of hydrogen-bond acceptors (Lipinski definition) is 5. The first kappa shape index (κ1) is 31.9. The zero-order valence-electron chi connectivity index (χ0n) is 30.1. The van der Waals surface area contributed by atoms with Gasteiger partial charge in [-0.1, -0.05) is 133 Å². The molecule has 0 aliphatic rings. The Kier molecular flexibility index (Phi) is 7.42. The van der Waals surface area contributed by atoms with Gasteiger partial charge < -0.3 is 0 Å². The van der Waals surface area contributed by atoms with E-state index in [4.69, 9.17) is 19.9 Å². The van der Waals surface area contributed by atoms with E-state index in [1.807, 2.05) is 30.6 Å². The second kappa shape index (κ2) is 13.0. The van der Waals surface area contributed by atoms with E-state index in [1.165, 1.54) is 0 Å². The topological polar surface area (TPSA) is 64.5 Å². The minimum absolute atomic E-state index is 0.902. The zero-order chi connectivity index (χ0) is 37.0. The van der Waals surface area contributed by atoms with Crippen LogP contribution in [0.3, 0.4) is 0 Å². The fraction of sp³-hybridized carbons (Fsp3) is 0. The van der Waals surface area contributed by atoms with Gasteiger partial charge >= 0.3 is 0 Å². The number of hydrogen-bond donors (Lipinski definition) is 0. The first-order valence-electron chi connectivity index (χ1n) is 18.7. The summed E-state index contributed by atoms with van der Waals surface area (Å²) in [6.45, 7) is 0. The van der Waals surface area contributed by atoms with Crippen molar-refractivity contribution in [2.45, 2.75) is 0 Å². The van der Waals surface area contributed by atoms with Gasteiger partial charge in [-0.25, -0.2) is 19.9 Å². The lowest BCUT2D eigenvalue weighted by atomic mass is 10.00. The third-order valence-electron chi connectivity index (χ3n) is 10.7. The predicted molar refractivity (Wildman–Crippen MR) is 230 cm³/mol. The summed E-state index contributed by atoms with van der Waals surface area (Å²) in [5.74, 6) is 0. The van der Waals surface area contributed by atoms with Gasteiger partial charge in [0.2, 0.25) is 0 Å². The fourth-order valence-corrected chi connectivity index (χ4v) is 7.76. The van der Waals surface area contributed by atoms with Crippen molar-refractivity contribution < 1.29 is 0 Å². The lowest BCUT2D eigenvalue weighted by molar-refractivity contribution is 1.36. The van der Waals surface area contributed by atoms with E-state index in [-0.39, 0.29) is 0 Å². The van der Waals surface area contributed by atoms with Gasteiger partial charge in [-0.2, -0.15) is 0 Å². The Morgan fingerprint density at radius 1 is 0.304 bits per heavy atom. The first-order chi connectivity index (χ1) is 27.7. The first-order valence-corrected chi connectivity index (χ1v) is 18.7. The van der Waals surface area contributed by atoms with E-state index < -0.39 is 0 Å². The van der Waals surface area contributed by atoms with Crippen LogP contribution >= 0.6 is 0 Å². The SMILES string of the molecule is c1ccc(-c2ccc3ccc4ccc(-c5ccc(-c6ccc7ccc(-c8ccc9ccc(-c%10cccc%11cnccc%10%11)nc9c8)cc7n6)cc5)nc4c3n2)cc1. The summed E-state index contributed by atoms with van der Waals surface area (Å²) in [7, 11) is 0. The molecule has 6 aromatic carbocycles. The highest BCUT2D eigenvalue weighted by Crippen LogP contribution is 2.33. The molecule has 0 aliphatic heterocycles. The average Bonchev–Trinajstić information content (AvgIpc) is 3.28. The van der Waals surface area contributed by atoms with Crippen molar-refractivity contribution in [2.75, 3.05) is 0 Å². The van der Waals surface area contributed by atoms with Crippen LogP contribution in [0.25, 0.3) is 111 Å². The number of benzene rings is 6. The summed E-state index contributed by atoms with van der Waals surface area (Å²) in [5.41, 5.74) is 13.9. The highest BCUT2D eigenvalue weighted by Gasteiger charge is 2.12. The molecule has 5 aromatic heterocycles. The molecule has 0 spiro atoms. The molecule has 11 aromatic rings. The van der Waals surface area contributed by atoms with Crippen LogP contribution < -0.4 is 0 Å². The Morgan fingerprint density at radius 3 is 1.41 bits per heavy atom. The zero-order valence-corrected chi connectivity index (χ0v) is 30.1. The molecule has 5 heterocycles. The summed E-state index contributed by atoms with van der Waals surface area (Å²) < 4.78 is 0. The Balaban J connectivity index is 0.906. The molecular weight excluding hydrogens is 683 g/mol. The number of rotatable bonds is 5. The van der Waals surface area contributed by atoms with Gasteiger partial charge in [-0.15, -0.1) is 0 Å². The molecule has 11 rings (SSSR count). The molecule has 0 bridgehead atoms. The maximum Gasteiger partial charge on any atom is 0.0972 e. The molecule has 0 aliphatic carbocycles. The second-order valence-electron chi connectivity index (χ2n) is 14.2. The lowest BCUT2D eigenvalue weighted by Crippen LogP contribution is -1.91. The summed E-state index contributed by atoms with van der Waals surface area (Å²) in [5, 5.41) is 6.59. The molecule has 5 heteroatoms. The minimum atomic E-state index is 0.902. The predicted octanol–water partition coefficient (Wildman–Crippen LogP) is 12.8. The van der Waals surface area contributed by atoms with E-state index >= 15 is 0 Å². The Morgan fingerprint density at radius 2 is 0.786 bits per heavy atom. The molecule has 0 atom stereocenters. The molecule has 0 saturated heterocycles. The van der Waals surface area contributed by atoms with Gasteiger partial charge in [-0.3, -0.25) is 4.98 Å². The van der Waals surface area contributed by atoms with Gasteiger partial charge in [0.15, 0.2) is 0 Å². The lowest BCUT2D eigenvalue weighted by Gasteiger charge is -2.10. The van der Waals surface area contributed by atoms with Crippen LogP contribution in [0.1, 0.15) is 0 Å². The maximum absolute atomic E-state index is 5.16. The number of fused-ring (bicyclic) bond motifs is 6. The van der Waals surface area contributed by atoms with E-state index in [0.717, 1.165) is 111 Å². The number of nitrogens with zero attached hydrogens (tertiary/aromatic N) is 5. The van der Waals surface area contributed by atoms with Crippen molar-refractivity contribution in [2.24, 2.45) is 0 Å². The Labute approximate surface area is 322 Å². The van der Waals surface area contributed by atoms with Crippen molar-refractivity contribution >= 4 is 54.4 Å². The van der Waals surface area contributed by atoms with Gasteiger partial charge in [-0.05, 0) is 59.0 Å². The second-order valence-corrected chi connectivity index (χ2v) is 14.2. The average molecular weight is 714 g/mol. The molecule has 0 fully saturated rings. The van der Waals surface area contributed by atoms with Gasteiger partial charge in [0.05, 0.1) is 44.8 Å². The van der Waals surface area contributed by atoms with E-state index in [1.54, 1.807) is 0 Å². The normalized spacial score (nSPS) is 11.6. The van der Waals surface area contributed by atoms with Crippen molar-refractivity contribution in [3.8, 4) is 56.2 Å². The van der Waals surface area contributed by atoms with E-state index in [9.17, 15) is 0 Å². The monoisotopic (exact) mass is 713 g/mol. The van der Waals surface area contributed by atoms with Crippen molar-refractivity contribution in [1.82, 2.24) is 24.9 Å². The van der Waals surface area contributed by atoms with E-state index in [2.05, 4.69) is 163 Å². The van der Waals surface area contributed by atoms with Gasteiger partial charge in [0.1, 0.15) is 0 Å². The van der Waals surface area contributed by atoms with Crippen LogP contribution in [-0.4, -0.2) is 24.9 Å². The van der Waals surface area contributed by atoms with Crippen molar-refractivity contribution in [3.05, 3.63) is 188 Å². The molecule has 56 heavy (non-hydrogen) atoms. The molecule has 0 unspecified atom stereocenters. The number of pyridine rings is 5. The van der Waals surface area contributed by atoms with Crippen molar-refractivity contribution in [3.63, 3.8) is 0 Å². The summed E-state index contributed by atoms with van der Waals surface area (Å²) in [4.78, 5) is 24.8. The van der Waals surface area contributed by atoms with Gasteiger partial charge in [0.25, 0.3) is 0 Å². The van der Waals surface area contributed by atoms with Crippen LogP contribution in [0.5, 0.6) is 0 Å². The Hall–Kier alpha value is -7.63. The molecule has 0 N–H and O–H groups in total. The molecule has 0 saturated carbocycles. The maximum atomic E-state index is 5.16. The number of aromatic nitrogens is 5. The van der Waals surface area contributed by atoms with Crippen LogP contribution in [0, 0.1) is 0 Å². The quantitative estimate of drug-likeness (QED) is 0.166. The Bertz CT molecular complexity index is 3300. The standard InChI is InChI=1S/C51H31N5/c1-2-5-32(6-3-1)45-24-21-37-15-16-38-22-25-46(56-51(38)50(37)55-45)34-11-9-33(10-12-34)44-23-19-35-13-17-39(29-48(35)53-44)40-18-14-36-20-26-47(54-49(36)30-40)43-8-4-7-41-31-52-28-27-42(41)43/h1-31H. The largest absolute Gasteiger partial charge is 0.264 e. The molecule has 5 nitrogen and oxygen atoms in total. The summed E-state index contributed by atoms with van der Waals surface area (Å²) in [6.07, 6.45) is 3.74. The minimum Gasteiger partial charge on any atom is -0.264 e. The van der Waals surface area contributed by atoms with Crippen LogP contribution in [0.15, 0.2) is 188 Å². The highest BCUT2D eigenvalue weighted by atomic mass is 14.8. The molecule has 0 radical (unpaired) electrons. The van der Waals surface area contributed by atoms with Crippen LogP contribution in [0.2, 0.25) is 0 Å². The summed E-state index contributed by atoms with van der Waals surface area (Å²) in [6, 6.07) is 61.3. The third-order valence-corrected chi connectivity index (χ3v) is 10.7.